The number of benzene rings is 1. The Labute approximate surface area is 182 Å². The van der Waals surface area contributed by atoms with Crippen molar-refractivity contribution in [3.05, 3.63) is 50.3 Å². The van der Waals surface area contributed by atoms with Crippen LogP contribution in [0, 0.1) is 5.41 Å². The Morgan fingerprint density at radius 3 is 2.63 bits per heavy atom. The third-order valence-corrected chi connectivity index (χ3v) is 6.30. The van der Waals surface area contributed by atoms with Gasteiger partial charge in [0.05, 0.1) is 17.3 Å². The minimum Gasteiger partial charge on any atom is -0.486 e. The molecule has 0 spiro atoms. The molecule has 0 N–H and O–H groups in total. The number of aromatic nitrogens is 1. The molecule has 2 aliphatic rings. The average Bonchev–Trinajstić information content (AvgIpc) is 2.96. The topological polar surface area (TPSA) is 57.5 Å². The van der Waals surface area contributed by atoms with Crippen LogP contribution in [-0.2, 0) is 17.6 Å². The van der Waals surface area contributed by atoms with Gasteiger partial charge in [0.2, 0.25) is 0 Å². The molecule has 4 rings (SSSR count). The highest BCUT2D eigenvalue weighted by Gasteiger charge is 2.40. The van der Waals surface area contributed by atoms with Gasteiger partial charge < -0.3 is 14.0 Å². The van der Waals surface area contributed by atoms with Crippen LogP contribution in [-0.4, -0.2) is 22.7 Å². The van der Waals surface area contributed by atoms with Gasteiger partial charge in [-0.1, -0.05) is 32.4 Å². The molecule has 0 amide bonds. The summed E-state index contributed by atoms with van der Waals surface area (Å²) >= 11 is 6.60. The first-order valence-electron chi connectivity index (χ1n) is 10.4. The van der Waals surface area contributed by atoms with Gasteiger partial charge in [-0.25, -0.2) is 4.79 Å². The van der Waals surface area contributed by atoms with Gasteiger partial charge in [-0.3, -0.25) is 4.79 Å². The molecule has 0 radical (unpaired) electrons. The van der Waals surface area contributed by atoms with E-state index < -0.39 is 5.97 Å². The quantitative estimate of drug-likeness (QED) is 0.615. The fraction of sp³-hybridized carbons (Fsp3) is 0.500. The van der Waals surface area contributed by atoms with Crippen LogP contribution < -0.4 is 10.2 Å². The van der Waals surface area contributed by atoms with Crippen molar-refractivity contribution >= 4 is 17.6 Å². The fourth-order valence-corrected chi connectivity index (χ4v) is 4.88. The summed E-state index contributed by atoms with van der Waals surface area (Å²) in [7, 11) is 0. The first kappa shape index (κ1) is 21.0. The molecule has 0 fully saturated rings. The van der Waals surface area contributed by atoms with Gasteiger partial charge >= 0.3 is 5.97 Å². The van der Waals surface area contributed by atoms with Gasteiger partial charge in [-0.2, -0.15) is 0 Å². The Morgan fingerprint density at radius 1 is 1.30 bits per heavy atom. The van der Waals surface area contributed by atoms with Crippen molar-refractivity contribution in [2.24, 2.45) is 5.41 Å². The van der Waals surface area contributed by atoms with Gasteiger partial charge in [0, 0.05) is 35.9 Å². The maximum absolute atomic E-state index is 12.8. The lowest BCUT2D eigenvalue weighted by molar-refractivity contribution is 0.0523. The molecule has 2 aliphatic heterocycles. The predicted octanol–water partition coefficient (Wildman–Crippen LogP) is 5.20. The van der Waals surface area contributed by atoms with E-state index in [0.717, 1.165) is 35.4 Å². The number of hydrogen-bond donors (Lipinski definition) is 0. The molecule has 0 bridgehead atoms. The van der Waals surface area contributed by atoms with E-state index in [9.17, 15) is 9.59 Å². The highest BCUT2D eigenvalue weighted by Crippen LogP contribution is 2.50. The molecule has 6 heteroatoms. The van der Waals surface area contributed by atoms with Crippen LogP contribution in [0.15, 0.2) is 23.1 Å². The van der Waals surface area contributed by atoms with E-state index in [1.807, 2.05) is 6.07 Å². The number of pyridine rings is 1. The minimum absolute atomic E-state index is 0.0581. The van der Waals surface area contributed by atoms with Crippen LogP contribution in [0.25, 0.3) is 11.3 Å². The largest absolute Gasteiger partial charge is 0.486 e. The molecule has 5 nitrogen and oxygen atoms in total. The number of rotatable bonds is 2. The molecule has 0 saturated carbocycles. The summed E-state index contributed by atoms with van der Waals surface area (Å²) in [6.45, 7) is 12.6. The number of nitrogens with zero attached hydrogens (tertiary/aromatic N) is 1. The zero-order valence-electron chi connectivity index (χ0n) is 18.4. The normalized spacial score (nSPS) is 18.8. The van der Waals surface area contributed by atoms with Gasteiger partial charge in [0.25, 0.3) is 0 Å². The van der Waals surface area contributed by atoms with E-state index in [1.54, 1.807) is 19.2 Å². The summed E-state index contributed by atoms with van der Waals surface area (Å²) in [5.74, 6) is 0.172. The van der Waals surface area contributed by atoms with E-state index >= 15 is 0 Å². The summed E-state index contributed by atoms with van der Waals surface area (Å²) in [6.07, 6.45) is 3.21. The van der Waals surface area contributed by atoms with E-state index in [0.29, 0.717) is 5.02 Å². The molecule has 1 aromatic carbocycles. The summed E-state index contributed by atoms with van der Waals surface area (Å²) < 4.78 is 13.3. The zero-order valence-corrected chi connectivity index (χ0v) is 19.1. The molecule has 160 valence electrons. The number of carbonyl (C=O) groups excluding carboxylic acids is 1. The molecule has 0 aliphatic carbocycles. The van der Waals surface area contributed by atoms with Crippen molar-refractivity contribution in [1.82, 2.24) is 4.57 Å². The van der Waals surface area contributed by atoms with Crippen LogP contribution in [0.2, 0.25) is 5.02 Å². The van der Waals surface area contributed by atoms with Crippen molar-refractivity contribution in [2.75, 3.05) is 6.61 Å². The Hall–Kier alpha value is -2.27. The molecular weight excluding hydrogens is 402 g/mol. The van der Waals surface area contributed by atoms with Crippen LogP contribution in [0.5, 0.6) is 5.75 Å². The fourth-order valence-electron chi connectivity index (χ4n) is 4.62. The van der Waals surface area contributed by atoms with Gasteiger partial charge in [0.15, 0.2) is 5.43 Å². The van der Waals surface area contributed by atoms with Crippen molar-refractivity contribution in [1.29, 1.82) is 0 Å². The van der Waals surface area contributed by atoms with Crippen LogP contribution in [0.4, 0.5) is 0 Å². The lowest BCUT2D eigenvalue weighted by atomic mass is 9.77. The Morgan fingerprint density at radius 2 is 2.00 bits per heavy atom. The minimum atomic E-state index is -0.585. The molecule has 1 atom stereocenters. The third-order valence-electron chi connectivity index (χ3n) is 6.02. The number of hydrogen-bond acceptors (Lipinski definition) is 4. The highest BCUT2D eigenvalue weighted by atomic mass is 35.5. The summed E-state index contributed by atoms with van der Waals surface area (Å²) in [6, 6.07) is 3.50. The average molecular weight is 430 g/mol. The Kier molecular flexibility index (Phi) is 4.81. The SMILES string of the molecule is CCOC(=O)c1cn2c(cc1=O)-c1cc(Cl)c3c(c1C[C@H]2C(C)(C)C)CC(C)(C)O3. The molecule has 0 unspecified atom stereocenters. The van der Waals surface area contributed by atoms with E-state index in [2.05, 4.69) is 39.2 Å². The molecule has 2 aromatic rings. The van der Waals surface area contributed by atoms with Gasteiger partial charge in [-0.15, -0.1) is 0 Å². The van der Waals surface area contributed by atoms with Crippen LogP contribution in [0.1, 0.15) is 69.1 Å². The monoisotopic (exact) mass is 429 g/mol. The number of esters is 1. The van der Waals surface area contributed by atoms with Crippen molar-refractivity contribution < 1.29 is 14.3 Å². The van der Waals surface area contributed by atoms with Crippen molar-refractivity contribution in [3.63, 3.8) is 0 Å². The van der Waals surface area contributed by atoms with Gasteiger partial charge in [-0.05, 0) is 44.2 Å². The Bertz CT molecular complexity index is 1110. The zero-order chi connectivity index (χ0) is 22.0. The van der Waals surface area contributed by atoms with Crippen molar-refractivity contribution in [2.45, 2.75) is 66.0 Å². The smallest absolute Gasteiger partial charge is 0.343 e. The maximum Gasteiger partial charge on any atom is 0.343 e. The molecular formula is C24H28ClNO4. The van der Waals surface area contributed by atoms with Gasteiger partial charge in [0.1, 0.15) is 16.9 Å². The second-order valence-corrected chi connectivity index (χ2v) is 10.3. The van der Waals surface area contributed by atoms with E-state index in [1.165, 1.54) is 5.56 Å². The first-order chi connectivity index (χ1) is 13.9. The summed E-state index contributed by atoms with van der Waals surface area (Å²) in [5, 5.41) is 0.553. The number of fused-ring (bicyclic) bond motifs is 5. The highest BCUT2D eigenvalue weighted by molar-refractivity contribution is 6.32. The maximum atomic E-state index is 12.8. The number of carbonyl (C=O) groups is 1. The second kappa shape index (κ2) is 6.88. The lowest BCUT2D eigenvalue weighted by Crippen LogP contribution is -2.33. The molecule has 3 heterocycles. The lowest BCUT2D eigenvalue weighted by Gasteiger charge is -2.39. The van der Waals surface area contributed by atoms with Crippen LogP contribution >= 0.6 is 11.6 Å². The molecule has 30 heavy (non-hydrogen) atoms. The second-order valence-electron chi connectivity index (χ2n) is 9.88. The number of ether oxygens (including phenoxy) is 2. The van der Waals surface area contributed by atoms with E-state index in [4.69, 9.17) is 21.1 Å². The summed E-state index contributed by atoms with van der Waals surface area (Å²) in [4.78, 5) is 25.2. The summed E-state index contributed by atoms with van der Waals surface area (Å²) in [5.41, 5.74) is 3.34. The third kappa shape index (κ3) is 3.33. The predicted molar refractivity (Wildman–Crippen MR) is 118 cm³/mol. The van der Waals surface area contributed by atoms with Crippen molar-refractivity contribution in [3.8, 4) is 17.0 Å². The molecule has 0 saturated heterocycles. The Balaban J connectivity index is 1.99. The number of halogens is 1. The van der Waals surface area contributed by atoms with E-state index in [-0.39, 0.29) is 34.7 Å². The molecule has 1 aromatic heterocycles. The standard InChI is InChI=1S/C24H28ClNO4/c1-7-29-22(28)16-12-26-18(10-19(16)27)14-8-17(25)21-15(11-24(5,6)30-21)13(14)9-20(26)23(2,3)4/h8,10,12,20H,7,9,11H2,1-6H3/t20-/m0/s1. The first-order valence-corrected chi connectivity index (χ1v) is 10.8. The van der Waals surface area contributed by atoms with Crippen LogP contribution in [0.3, 0.4) is 0 Å².